The molecule has 0 aromatic carbocycles. The van der Waals surface area contributed by atoms with Crippen molar-refractivity contribution in [1.82, 2.24) is 25.4 Å². The molecular formula is C11H19N5O3. The molecule has 1 heterocycles. The van der Waals surface area contributed by atoms with E-state index < -0.39 is 17.4 Å². The Morgan fingerprint density at radius 3 is 2.63 bits per heavy atom. The third kappa shape index (κ3) is 4.94. The van der Waals surface area contributed by atoms with Crippen molar-refractivity contribution < 1.29 is 14.7 Å². The Kier molecular flexibility index (Phi) is 4.85. The van der Waals surface area contributed by atoms with Gasteiger partial charge >= 0.3 is 12.0 Å². The summed E-state index contributed by atoms with van der Waals surface area (Å²) in [6, 6.07) is -0.398. The van der Waals surface area contributed by atoms with Crippen molar-refractivity contribution in [3.05, 3.63) is 12.2 Å². The second-order valence-corrected chi connectivity index (χ2v) is 4.88. The molecule has 0 spiro atoms. The first-order chi connectivity index (χ1) is 8.81. The van der Waals surface area contributed by atoms with Gasteiger partial charge in [-0.1, -0.05) is 0 Å². The minimum atomic E-state index is -0.986. The van der Waals surface area contributed by atoms with Gasteiger partial charge in [0.05, 0.1) is 5.41 Å². The van der Waals surface area contributed by atoms with Crippen LogP contribution in [0.4, 0.5) is 4.79 Å². The molecule has 1 aromatic heterocycles. The van der Waals surface area contributed by atoms with E-state index in [1.807, 2.05) is 0 Å². The topological polar surface area (TPSA) is 109 Å². The van der Waals surface area contributed by atoms with E-state index in [2.05, 4.69) is 20.7 Å². The van der Waals surface area contributed by atoms with E-state index in [0.29, 0.717) is 18.8 Å². The zero-order valence-electron chi connectivity index (χ0n) is 11.3. The summed E-state index contributed by atoms with van der Waals surface area (Å²) in [4.78, 5) is 26.3. The Morgan fingerprint density at radius 1 is 1.42 bits per heavy atom. The fourth-order valence-corrected chi connectivity index (χ4v) is 1.23. The van der Waals surface area contributed by atoms with Crippen molar-refractivity contribution in [2.75, 3.05) is 13.1 Å². The van der Waals surface area contributed by atoms with Gasteiger partial charge in [-0.05, 0) is 13.8 Å². The second-order valence-electron chi connectivity index (χ2n) is 4.88. The molecule has 0 atom stereocenters. The zero-order valence-corrected chi connectivity index (χ0v) is 11.3. The van der Waals surface area contributed by atoms with Crippen LogP contribution in [-0.2, 0) is 18.3 Å². The number of amides is 2. The van der Waals surface area contributed by atoms with Gasteiger partial charge in [-0.25, -0.2) is 9.78 Å². The van der Waals surface area contributed by atoms with Crippen LogP contribution in [0.3, 0.4) is 0 Å². The lowest BCUT2D eigenvalue weighted by Gasteiger charge is -2.19. The molecule has 8 nitrogen and oxygen atoms in total. The number of aryl methyl sites for hydroxylation is 1. The monoisotopic (exact) mass is 269 g/mol. The summed E-state index contributed by atoms with van der Waals surface area (Å²) in [7, 11) is 1.77. The third-order valence-electron chi connectivity index (χ3n) is 2.55. The van der Waals surface area contributed by atoms with Gasteiger partial charge in [0, 0.05) is 26.6 Å². The van der Waals surface area contributed by atoms with E-state index in [4.69, 9.17) is 5.11 Å². The van der Waals surface area contributed by atoms with Crippen molar-refractivity contribution in [3.63, 3.8) is 0 Å². The van der Waals surface area contributed by atoms with Gasteiger partial charge in [0.15, 0.2) is 5.82 Å². The van der Waals surface area contributed by atoms with Crippen LogP contribution in [0.2, 0.25) is 0 Å². The molecule has 3 N–H and O–H groups in total. The molecule has 106 valence electrons. The highest BCUT2D eigenvalue weighted by Gasteiger charge is 2.27. The first-order valence-corrected chi connectivity index (χ1v) is 5.91. The number of carboxylic acids is 1. The van der Waals surface area contributed by atoms with Crippen LogP contribution in [0.15, 0.2) is 6.33 Å². The molecule has 2 amide bonds. The van der Waals surface area contributed by atoms with E-state index in [1.165, 1.54) is 0 Å². The molecule has 0 saturated heterocycles. The van der Waals surface area contributed by atoms with Gasteiger partial charge in [-0.2, -0.15) is 5.10 Å². The average molecular weight is 269 g/mol. The van der Waals surface area contributed by atoms with E-state index in [1.54, 1.807) is 31.9 Å². The normalized spacial score (nSPS) is 11.1. The Balaban J connectivity index is 2.23. The highest BCUT2D eigenvalue weighted by Crippen LogP contribution is 2.12. The fraction of sp³-hybridized carbons (Fsp3) is 0.636. The minimum Gasteiger partial charge on any atom is -0.481 e. The molecule has 0 aliphatic rings. The quantitative estimate of drug-likeness (QED) is 0.660. The Labute approximate surface area is 111 Å². The van der Waals surface area contributed by atoms with Crippen LogP contribution in [0, 0.1) is 5.41 Å². The molecule has 0 radical (unpaired) electrons. The van der Waals surface area contributed by atoms with Gasteiger partial charge in [-0.15, -0.1) is 0 Å². The second kappa shape index (κ2) is 6.17. The lowest BCUT2D eigenvalue weighted by molar-refractivity contribution is -0.146. The molecule has 0 bridgehead atoms. The molecule has 0 aliphatic heterocycles. The highest BCUT2D eigenvalue weighted by atomic mass is 16.4. The number of nitrogens with one attached hydrogen (secondary N) is 2. The van der Waals surface area contributed by atoms with Gasteiger partial charge in [-0.3, -0.25) is 9.48 Å². The maximum Gasteiger partial charge on any atom is 0.314 e. The van der Waals surface area contributed by atoms with Crippen molar-refractivity contribution in [2.45, 2.75) is 20.3 Å². The number of nitrogens with zero attached hydrogens (tertiary/aromatic N) is 3. The van der Waals surface area contributed by atoms with Crippen LogP contribution < -0.4 is 10.6 Å². The largest absolute Gasteiger partial charge is 0.481 e. The molecule has 1 rings (SSSR count). The molecule has 1 aromatic rings. The Morgan fingerprint density at radius 2 is 2.11 bits per heavy atom. The number of aromatic nitrogens is 3. The van der Waals surface area contributed by atoms with Crippen LogP contribution in [0.1, 0.15) is 19.7 Å². The zero-order chi connectivity index (χ0) is 14.5. The number of aliphatic carboxylic acids is 1. The number of carbonyl (C=O) groups excluding carboxylic acids is 1. The molecule has 0 unspecified atom stereocenters. The number of hydrogen-bond acceptors (Lipinski definition) is 4. The molecule has 0 fully saturated rings. The first kappa shape index (κ1) is 14.9. The number of rotatable bonds is 6. The van der Waals surface area contributed by atoms with E-state index in [-0.39, 0.29) is 6.54 Å². The predicted molar refractivity (Wildman–Crippen MR) is 67.5 cm³/mol. The summed E-state index contributed by atoms with van der Waals surface area (Å²) >= 11 is 0. The van der Waals surface area contributed by atoms with Crippen LogP contribution in [0.5, 0.6) is 0 Å². The highest BCUT2D eigenvalue weighted by molar-refractivity contribution is 5.77. The van der Waals surface area contributed by atoms with Crippen molar-refractivity contribution in [1.29, 1.82) is 0 Å². The van der Waals surface area contributed by atoms with Crippen LogP contribution >= 0.6 is 0 Å². The number of carboxylic acid groups (broad SMARTS) is 1. The Bertz CT molecular complexity index is 455. The van der Waals surface area contributed by atoms with Gasteiger partial charge in [0.2, 0.25) is 0 Å². The molecular weight excluding hydrogens is 250 g/mol. The summed E-state index contributed by atoms with van der Waals surface area (Å²) in [5.74, 6) is -0.306. The van der Waals surface area contributed by atoms with Gasteiger partial charge < -0.3 is 15.7 Å². The smallest absolute Gasteiger partial charge is 0.314 e. The minimum absolute atomic E-state index is 0.0655. The number of hydrogen-bond donors (Lipinski definition) is 3. The summed E-state index contributed by atoms with van der Waals surface area (Å²) in [6.45, 7) is 3.56. The Hall–Kier alpha value is -2.12. The average Bonchev–Trinajstić information content (AvgIpc) is 2.72. The van der Waals surface area contributed by atoms with Crippen LogP contribution in [0.25, 0.3) is 0 Å². The van der Waals surface area contributed by atoms with Gasteiger partial charge in [0.25, 0.3) is 0 Å². The third-order valence-corrected chi connectivity index (χ3v) is 2.55. The van der Waals surface area contributed by atoms with E-state index in [9.17, 15) is 9.59 Å². The van der Waals surface area contributed by atoms with Crippen molar-refractivity contribution >= 4 is 12.0 Å². The number of carbonyl (C=O) groups is 2. The van der Waals surface area contributed by atoms with Gasteiger partial charge in [0.1, 0.15) is 6.33 Å². The molecule has 0 saturated carbocycles. The van der Waals surface area contributed by atoms with E-state index in [0.717, 1.165) is 0 Å². The standard InChI is InChI=1S/C11H19N5O3/c1-11(2,9(17)18)6-13-10(19)12-5-4-8-14-7-16(3)15-8/h7H,4-6H2,1-3H3,(H,17,18)(H2,12,13,19). The van der Waals surface area contributed by atoms with E-state index >= 15 is 0 Å². The summed E-state index contributed by atoms with van der Waals surface area (Å²) < 4.78 is 1.59. The first-order valence-electron chi connectivity index (χ1n) is 5.91. The van der Waals surface area contributed by atoms with Crippen molar-refractivity contribution in [2.24, 2.45) is 12.5 Å². The SMILES string of the molecule is Cn1cnc(CCNC(=O)NCC(C)(C)C(=O)O)n1. The summed E-state index contributed by atoms with van der Waals surface area (Å²) in [5, 5.41) is 18.1. The maximum atomic E-state index is 11.4. The molecule has 0 aliphatic carbocycles. The lowest BCUT2D eigenvalue weighted by Crippen LogP contribution is -2.44. The molecule has 8 heteroatoms. The number of urea groups is 1. The van der Waals surface area contributed by atoms with Crippen LogP contribution in [-0.4, -0.2) is 45.0 Å². The fourth-order valence-electron chi connectivity index (χ4n) is 1.23. The summed E-state index contributed by atoms with van der Waals surface area (Å²) in [6.07, 6.45) is 2.11. The van der Waals surface area contributed by atoms with Crippen molar-refractivity contribution in [3.8, 4) is 0 Å². The predicted octanol–water partition coefficient (Wildman–Crippen LogP) is -0.232. The maximum absolute atomic E-state index is 11.4. The lowest BCUT2D eigenvalue weighted by atomic mass is 9.94. The molecule has 19 heavy (non-hydrogen) atoms. The summed E-state index contributed by atoms with van der Waals surface area (Å²) in [5.41, 5.74) is -0.986.